The molecule has 0 spiro atoms. The first-order valence-electron chi connectivity index (χ1n) is 9.15. The van der Waals surface area contributed by atoms with Crippen LogP contribution in [0.1, 0.15) is 12.5 Å². The Morgan fingerprint density at radius 1 is 1.11 bits per heavy atom. The lowest BCUT2D eigenvalue weighted by Gasteiger charge is -2.23. The average molecular weight is 421 g/mol. The molecule has 0 aromatic heterocycles. The summed E-state index contributed by atoms with van der Waals surface area (Å²) in [4.78, 5) is 16.5. The average Bonchev–Trinajstić information content (AvgIpc) is 3.07. The second-order valence-electron chi connectivity index (χ2n) is 7.05. The molecule has 2 amide bonds. The molecule has 148 valence electrons. The number of hydrogen-bond acceptors (Lipinski definition) is 4. The molecular weight excluding hydrogens is 400 g/mol. The molecule has 0 radical (unpaired) electrons. The van der Waals surface area contributed by atoms with Gasteiger partial charge in [-0.1, -0.05) is 23.7 Å². The molecule has 28 heavy (non-hydrogen) atoms. The lowest BCUT2D eigenvalue weighted by molar-refractivity contribution is 0.206. The minimum absolute atomic E-state index is 0.0164. The SMILES string of the molecule is CCOc1ccc(N2C(=O)N(Cc3cccc(Cl)c3)[C@H]3CS(=O)(=O)C[C@H]32)cc1. The van der Waals surface area contributed by atoms with Crippen LogP contribution in [0.4, 0.5) is 10.5 Å². The van der Waals surface area contributed by atoms with Crippen molar-refractivity contribution in [1.29, 1.82) is 0 Å². The van der Waals surface area contributed by atoms with Gasteiger partial charge in [-0.15, -0.1) is 0 Å². The van der Waals surface area contributed by atoms with Gasteiger partial charge >= 0.3 is 6.03 Å². The predicted octanol–water partition coefficient (Wildman–Crippen LogP) is 3.35. The molecule has 0 saturated carbocycles. The van der Waals surface area contributed by atoms with E-state index in [1.54, 1.807) is 46.2 Å². The van der Waals surface area contributed by atoms with E-state index in [2.05, 4.69) is 0 Å². The normalized spacial score (nSPS) is 23.1. The van der Waals surface area contributed by atoms with E-state index in [-0.39, 0.29) is 23.6 Å². The number of ether oxygens (including phenoxy) is 1. The van der Waals surface area contributed by atoms with Crippen LogP contribution in [0.15, 0.2) is 48.5 Å². The highest BCUT2D eigenvalue weighted by Crippen LogP contribution is 2.36. The number of amides is 2. The molecule has 8 heteroatoms. The number of anilines is 1. The number of hydrogen-bond donors (Lipinski definition) is 0. The maximum atomic E-state index is 13.2. The van der Waals surface area contributed by atoms with E-state index in [1.807, 2.05) is 19.1 Å². The first-order valence-corrected chi connectivity index (χ1v) is 11.4. The first-order chi connectivity index (χ1) is 13.4. The molecule has 6 nitrogen and oxygen atoms in total. The van der Waals surface area contributed by atoms with Crippen LogP contribution in [0.5, 0.6) is 5.75 Å². The van der Waals surface area contributed by atoms with E-state index in [1.165, 1.54) is 0 Å². The summed E-state index contributed by atoms with van der Waals surface area (Å²) in [7, 11) is -3.21. The molecule has 2 fully saturated rings. The molecule has 2 aromatic carbocycles. The van der Waals surface area contributed by atoms with Gasteiger partial charge in [0, 0.05) is 17.3 Å². The van der Waals surface area contributed by atoms with Crippen LogP contribution in [0, 0.1) is 0 Å². The Hall–Kier alpha value is -2.25. The summed E-state index contributed by atoms with van der Waals surface area (Å²) in [6.45, 7) is 2.78. The lowest BCUT2D eigenvalue weighted by Crippen LogP contribution is -2.37. The fraction of sp³-hybridized carbons (Fsp3) is 0.350. The van der Waals surface area contributed by atoms with Gasteiger partial charge in [-0.25, -0.2) is 13.2 Å². The number of benzene rings is 2. The van der Waals surface area contributed by atoms with Crippen molar-refractivity contribution >= 4 is 33.2 Å². The van der Waals surface area contributed by atoms with Crippen LogP contribution in [0.25, 0.3) is 0 Å². The summed E-state index contributed by atoms with van der Waals surface area (Å²) in [5.41, 5.74) is 1.55. The third kappa shape index (κ3) is 3.56. The summed E-state index contributed by atoms with van der Waals surface area (Å²) in [5.74, 6) is 0.671. The Morgan fingerprint density at radius 3 is 2.50 bits per heavy atom. The Morgan fingerprint density at radius 2 is 1.82 bits per heavy atom. The maximum Gasteiger partial charge on any atom is 0.325 e. The van der Waals surface area contributed by atoms with Gasteiger partial charge in [0.1, 0.15) is 5.75 Å². The van der Waals surface area contributed by atoms with Crippen LogP contribution >= 0.6 is 11.6 Å². The first kappa shape index (κ1) is 19.1. The second kappa shape index (κ2) is 7.29. The number of rotatable bonds is 5. The summed E-state index contributed by atoms with van der Waals surface area (Å²) in [6, 6.07) is 13.5. The smallest absolute Gasteiger partial charge is 0.325 e. The second-order valence-corrected chi connectivity index (χ2v) is 9.64. The zero-order chi connectivity index (χ0) is 19.9. The van der Waals surface area contributed by atoms with E-state index >= 15 is 0 Å². The van der Waals surface area contributed by atoms with Gasteiger partial charge in [-0.05, 0) is 48.9 Å². The van der Waals surface area contributed by atoms with Crippen LogP contribution in [-0.2, 0) is 16.4 Å². The van der Waals surface area contributed by atoms with Crippen LogP contribution in [0.2, 0.25) is 5.02 Å². The van der Waals surface area contributed by atoms with Gasteiger partial charge in [0.25, 0.3) is 0 Å². The van der Waals surface area contributed by atoms with Crippen molar-refractivity contribution in [2.45, 2.75) is 25.6 Å². The van der Waals surface area contributed by atoms with Crippen molar-refractivity contribution in [3.8, 4) is 5.75 Å². The van der Waals surface area contributed by atoms with E-state index in [0.717, 1.165) is 5.56 Å². The van der Waals surface area contributed by atoms with Crippen molar-refractivity contribution < 1.29 is 17.9 Å². The van der Waals surface area contributed by atoms with E-state index in [0.29, 0.717) is 29.6 Å². The zero-order valence-corrected chi connectivity index (χ0v) is 17.0. The highest BCUT2D eigenvalue weighted by molar-refractivity contribution is 7.91. The number of halogens is 1. The minimum atomic E-state index is -3.21. The molecule has 4 rings (SSSR count). The molecule has 2 heterocycles. The van der Waals surface area contributed by atoms with E-state index in [9.17, 15) is 13.2 Å². The number of carbonyl (C=O) groups is 1. The van der Waals surface area contributed by atoms with Gasteiger partial charge in [-0.2, -0.15) is 0 Å². The van der Waals surface area contributed by atoms with Gasteiger partial charge in [0.2, 0.25) is 0 Å². The molecule has 0 N–H and O–H groups in total. The highest BCUT2D eigenvalue weighted by Gasteiger charge is 2.53. The van der Waals surface area contributed by atoms with Crippen molar-refractivity contribution in [2.24, 2.45) is 0 Å². The fourth-order valence-electron chi connectivity index (χ4n) is 3.97. The van der Waals surface area contributed by atoms with Gasteiger partial charge in [0.05, 0.1) is 30.2 Å². The largest absolute Gasteiger partial charge is 0.494 e. The molecule has 2 saturated heterocycles. The molecule has 2 atom stereocenters. The number of fused-ring (bicyclic) bond motifs is 1. The van der Waals surface area contributed by atoms with Crippen molar-refractivity contribution in [3.05, 3.63) is 59.1 Å². The Balaban J connectivity index is 1.66. The van der Waals surface area contributed by atoms with Crippen LogP contribution in [-0.4, -0.2) is 49.5 Å². The van der Waals surface area contributed by atoms with Gasteiger partial charge < -0.3 is 9.64 Å². The topological polar surface area (TPSA) is 66.9 Å². The summed E-state index contributed by atoms with van der Waals surface area (Å²) >= 11 is 6.07. The molecule has 0 unspecified atom stereocenters. The summed E-state index contributed by atoms with van der Waals surface area (Å²) < 4.78 is 30.1. The number of nitrogens with zero attached hydrogens (tertiary/aromatic N) is 2. The molecule has 2 aliphatic rings. The Bertz CT molecular complexity index is 994. The van der Waals surface area contributed by atoms with Gasteiger partial charge in [0.15, 0.2) is 9.84 Å². The number of urea groups is 1. The zero-order valence-electron chi connectivity index (χ0n) is 15.4. The number of sulfone groups is 1. The Kier molecular flexibility index (Phi) is 4.97. The summed E-state index contributed by atoms with van der Waals surface area (Å²) in [5, 5.41) is 0.586. The predicted molar refractivity (Wildman–Crippen MR) is 109 cm³/mol. The summed E-state index contributed by atoms with van der Waals surface area (Å²) in [6.07, 6.45) is 0. The fourth-order valence-corrected chi connectivity index (χ4v) is 6.13. The van der Waals surface area contributed by atoms with Gasteiger partial charge in [-0.3, -0.25) is 4.90 Å². The van der Waals surface area contributed by atoms with E-state index in [4.69, 9.17) is 16.3 Å². The lowest BCUT2D eigenvalue weighted by atomic mass is 10.1. The molecular formula is C20H21ClN2O4S. The molecule has 2 aromatic rings. The van der Waals surface area contributed by atoms with E-state index < -0.39 is 15.9 Å². The van der Waals surface area contributed by atoms with Crippen LogP contribution in [0.3, 0.4) is 0 Å². The molecule has 2 aliphatic heterocycles. The standard InChI is InChI=1S/C20H21ClN2O4S/c1-2-27-17-8-6-16(7-9-17)23-19-13-28(25,26)12-18(19)22(20(23)24)11-14-4-3-5-15(21)10-14/h3-10,18-19H,2,11-13H2,1H3/t18-,19+/m0/s1. The monoisotopic (exact) mass is 420 g/mol. The molecule has 0 bridgehead atoms. The molecule has 0 aliphatic carbocycles. The van der Waals surface area contributed by atoms with Crippen molar-refractivity contribution in [2.75, 3.05) is 23.0 Å². The maximum absolute atomic E-state index is 13.2. The quantitative estimate of drug-likeness (QED) is 0.696. The minimum Gasteiger partial charge on any atom is -0.494 e. The number of carbonyl (C=O) groups excluding carboxylic acids is 1. The van der Waals surface area contributed by atoms with Crippen LogP contribution < -0.4 is 9.64 Å². The highest BCUT2D eigenvalue weighted by atomic mass is 35.5. The van der Waals surface area contributed by atoms with Crippen molar-refractivity contribution in [3.63, 3.8) is 0 Å². The Labute approximate surface area is 169 Å². The third-order valence-corrected chi connectivity index (χ3v) is 7.08. The third-order valence-electron chi connectivity index (χ3n) is 5.15. The van der Waals surface area contributed by atoms with Crippen molar-refractivity contribution in [1.82, 2.24) is 4.90 Å².